The van der Waals surface area contributed by atoms with Gasteiger partial charge in [0.2, 0.25) is 0 Å². The van der Waals surface area contributed by atoms with Gasteiger partial charge in [-0.25, -0.2) is 9.59 Å². The first-order valence-electron chi connectivity index (χ1n) is 7.52. The molecule has 0 aromatic rings. The second-order valence-corrected chi connectivity index (χ2v) is 11.1. The smallest absolute Gasteiger partial charge is 0.332 e. The summed E-state index contributed by atoms with van der Waals surface area (Å²) in [5.41, 5.74) is -0.937. The average Bonchev–Trinajstić information content (AvgIpc) is 2.33. The van der Waals surface area contributed by atoms with Crippen molar-refractivity contribution in [3.05, 3.63) is 11.1 Å². The molecule has 0 aromatic carbocycles. The summed E-state index contributed by atoms with van der Waals surface area (Å²) in [6.45, 7) is 13.2. The lowest BCUT2D eigenvalue weighted by Crippen LogP contribution is -2.42. The summed E-state index contributed by atoms with van der Waals surface area (Å²) in [6.07, 6.45) is 0. The third-order valence-electron chi connectivity index (χ3n) is 5.18. The molecule has 0 spiro atoms. The van der Waals surface area contributed by atoms with Crippen molar-refractivity contribution < 1.29 is 23.9 Å². The fourth-order valence-electron chi connectivity index (χ4n) is 2.76. The fourth-order valence-corrected chi connectivity index (χ4v) is 5.69. The van der Waals surface area contributed by atoms with Crippen molar-refractivity contribution in [2.24, 2.45) is 16.7 Å². The zero-order chi connectivity index (χ0) is 17.9. The van der Waals surface area contributed by atoms with Crippen molar-refractivity contribution in [2.45, 2.75) is 54.0 Å². The molecule has 0 heterocycles. The Morgan fingerprint density at radius 2 is 1.50 bits per heavy atom. The normalized spacial score (nSPS) is 16.2. The van der Waals surface area contributed by atoms with E-state index in [1.807, 2.05) is 27.7 Å². The Morgan fingerprint density at radius 1 is 1.05 bits per heavy atom. The Bertz CT molecular complexity index is 467. The van der Waals surface area contributed by atoms with E-state index in [0.717, 1.165) is 0 Å². The van der Waals surface area contributed by atoms with Crippen LogP contribution in [-0.4, -0.2) is 42.4 Å². The predicted molar refractivity (Wildman–Crippen MR) is 93.7 cm³/mol. The first-order valence-corrected chi connectivity index (χ1v) is 9.73. The standard InChI is InChI=1S/C15H30O5Si2/c1-8(2)10(12(16)17)11(13(18)19)15(6,7)14(4,5)9(3)22-20-21/h8-9H,22H2,1-7,21H3,(H,16,17)(H,18,19)/b11-10-. The average molecular weight is 347 g/mol. The van der Waals surface area contributed by atoms with Gasteiger partial charge in [-0.1, -0.05) is 48.5 Å². The molecule has 0 rings (SSSR count). The Hall–Kier alpha value is -0.926. The molecule has 0 bridgehead atoms. The number of hydrogen-bond donors (Lipinski definition) is 2. The molecule has 0 saturated heterocycles. The van der Waals surface area contributed by atoms with Gasteiger partial charge in [-0.2, -0.15) is 0 Å². The van der Waals surface area contributed by atoms with Crippen molar-refractivity contribution >= 4 is 32.2 Å². The molecule has 0 saturated carbocycles. The Kier molecular flexibility index (Phi) is 7.24. The highest BCUT2D eigenvalue weighted by molar-refractivity contribution is 6.36. The van der Waals surface area contributed by atoms with Crippen LogP contribution in [0.5, 0.6) is 0 Å². The Morgan fingerprint density at radius 3 is 1.77 bits per heavy atom. The topological polar surface area (TPSA) is 83.8 Å². The maximum Gasteiger partial charge on any atom is 0.332 e. The minimum atomic E-state index is -1.15. The van der Waals surface area contributed by atoms with Crippen LogP contribution in [0.2, 0.25) is 5.54 Å². The minimum absolute atomic E-state index is 0.00812. The second-order valence-electron chi connectivity index (χ2n) is 7.26. The van der Waals surface area contributed by atoms with Gasteiger partial charge in [-0.3, -0.25) is 0 Å². The molecule has 0 aliphatic carbocycles. The molecule has 22 heavy (non-hydrogen) atoms. The number of rotatable bonds is 8. The van der Waals surface area contributed by atoms with E-state index >= 15 is 0 Å². The van der Waals surface area contributed by atoms with Gasteiger partial charge < -0.3 is 14.3 Å². The van der Waals surface area contributed by atoms with Crippen molar-refractivity contribution in [2.75, 3.05) is 0 Å². The summed E-state index contributed by atoms with van der Waals surface area (Å²) in [4.78, 5) is 23.5. The van der Waals surface area contributed by atoms with Crippen molar-refractivity contribution in [1.82, 2.24) is 0 Å². The first-order chi connectivity index (χ1) is 9.82. The summed E-state index contributed by atoms with van der Waals surface area (Å²) in [7, 11) is -0.0784. The van der Waals surface area contributed by atoms with Crippen LogP contribution in [0.1, 0.15) is 48.5 Å². The molecule has 5 nitrogen and oxygen atoms in total. The summed E-state index contributed by atoms with van der Waals surface area (Å²) in [5, 5.41) is 19.2. The molecule has 2 N–H and O–H groups in total. The highest BCUT2D eigenvalue weighted by Crippen LogP contribution is 2.52. The van der Waals surface area contributed by atoms with E-state index in [1.165, 1.54) is 0 Å². The van der Waals surface area contributed by atoms with Crippen molar-refractivity contribution in [3.8, 4) is 0 Å². The summed E-state index contributed by atoms with van der Waals surface area (Å²) >= 11 is 0. The lowest BCUT2D eigenvalue weighted by Gasteiger charge is -2.47. The van der Waals surface area contributed by atoms with Crippen LogP contribution in [0, 0.1) is 16.7 Å². The maximum absolute atomic E-state index is 11.9. The van der Waals surface area contributed by atoms with Gasteiger partial charge in [0, 0.05) is 5.41 Å². The molecule has 0 radical (unpaired) electrons. The molecule has 7 heteroatoms. The van der Waals surface area contributed by atoms with Crippen molar-refractivity contribution in [3.63, 3.8) is 0 Å². The van der Waals surface area contributed by atoms with Crippen molar-refractivity contribution in [1.29, 1.82) is 0 Å². The van der Waals surface area contributed by atoms with Gasteiger partial charge >= 0.3 is 11.9 Å². The summed E-state index contributed by atoms with van der Waals surface area (Å²) in [6, 6.07) is 0. The van der Waals surface area contributed by atoms with Crippen LogP contribution < -0.4 is 0 Å². The third kappa shape index (κ3) is 4.08. The maximum atomic E-state index is 11.9. The molecule has 0 aromatic heterocycles. The largest absolute Gasteiger partial charge is 0.478 e. The lowest BCUT2D eigenvalue weighted by atomic mass is 9.60. The molecule has 0 aliphatic heterocycles. The van der Waals surface area contributed by atoms with Gasteiger partial charge in [-0.05, 0) is 16.9 Å². The van der Waals surface area contributed by atoms with Crippen LogP contribution in [0.25, 0.3) is 0 Å². The van der Waals surface area contributed by atoms with Crippen LogP contribution in [0.4, 0.5) is 0 Å². The second kappa shape index (κ2) is 7.56. The van der Waals surface area contributed by atoms with E-state index in [4.69, 9.17) is 4.12 Å². The zero-order valence-electron chi connectivity index (χ0n) is 15.0. The fraction of sp³-hybridized carbons (Fsp3) is 0.733. The van der Waals surface area contributed by atoms with Crippen LogP contribution in [0.15, 0.2) is 11.1 Å². The molecule has 0 aliphatic rings. The minimum Gasteiger partial charge on any atom is -0.478 e. The third-order valence-corrected chi connectivity index (χ3v) is 8.03. The molecule has 128 valence electrons. The summed E-state index contributed by atoms with van der Waals surface area (Å²) in [5.74, 6) is -2.66. The number of aliphatic carboxylic acids is 2. The Labute approximate surface area is 138 Å². The van der Waals surface area contributed by atoms with E-state index < -0.39 is 27.1 Å². The van der Waals surface area contributed by atoms with Crippen LogP contribution in [-0.2, 0) is 13.7 Å². The number of hydrogen-bond acceptors (Lipinski definition) is 3. The number of carboxylic acids is 2. The number of carboxylic acid groups (broad SMARTS) is 2. The Balaban J connectivity index is 6.33. The SMILES string of the molecule is CC(C)/C(C(=O)O)=C(\C(=O)O)C(C)(C)C(C)(C)C(C)[SiH2]O[SiH3]. The highest BCUT2D eigenvalue weighted by atomic mass is 28.3. The molecule has 1 unspecified atom stereocenters. The summed E-state index contributed by atoms with van der Waals surface area (Å²) < 4.78 is 5.48. The van der Waals surface area contributed by atoms with Gasteiger partial charge in [0.1, 0.15) is 20.2 Å². The monoisotopic (exact) mass is 346 g/mol. The quantitative estimate of drug-likeness (QED) is 0.512. The first kappa shape index (κ1) is 21.1. The van der Waals surface area contributed by atoms with Crippen LogP contribution in [0.3, 0.4) is 0 Å². The van der Waals surface area contributed by atoms with E-state index in [9.17, 15) is 19.8 Å². The predicted octanol–water partition coefficient (Wildman–Crippen LogP) is 1.35. The van der Waals surface area contributed by atoms with Crippen LogP contribution >= 0.6 is 0 Å². The molecular formula is C15H30O5Si2. The van der Waals surface area contributed by atoms with Gasteiger partial charge in [0.15, 0.2) is 0 Å². The highest BCUT2D eigenvalue weighted by Gasteiger charge is 2.48. The van der Waals surface area contributed by atoms with E-state index in [1.54, 1.807) is 13.8 Å². The van der Waals surface area contributed by atoms with Gasteiger partial charge in [-0.15, -0.1) is 0 Å². The molecule has 0 amide bonds. The van der Waals surface area contributed by atoms with Gasteiger partial charge in [0.05, 0.1) is 11.1 Å². The molecular weight excluding hydrogens is 316 g/mol. The van der Waals surface area contributed by atoms with E-state index in [2.05, 4.69) is 6.92 Å². The van der Waals surface area contributed by atoms with Gasteiger partial charge in [0.25, 0.3) is 0 Å². The molecule has 0 fully saturated rings. The van der Waals surface area contributed by atoms with E-state index in [0.29, 0.717) is 10.5 Å². The molecule has 1 atom stereocenters. The van der Waals surface area contributed by atoms with E-state index in [-0.39, 0.29) is 28.0 Å². The zero-order valence-corrected chi connectivity index (χ0v) is 18.4. The number of carbonyl (C=O) groups is 2. The lowest BCUT2D eigenvalue weighted by molar-refractivity contribution is -0.138.